The highest BCUT2D eigenvalue weighted by Crippen LogP contribution is 2.47. The first-order valence-electron chi connectivity index (χ1n) is 6.49. The molecule has 4 heteroatoms. The third-order valence-electron chi connectivity index (χ3n) is 3.99. The van der Waals surface area contributed by atoms with E-state index in [-0.39, 0.29) is 5.41 Å². The monoisotopic (exact) mass is 245 g/mol. The summed E-state index contributed by atoms with van der Waals surface area (Å²) in [6, 6.07) is 6.07. The molecule has 1 aromatic heterocycles. The quantitative estimate of drug-likeness (QED) is 0.897. The Labute approximate surface area is 107 Å². The van der Waals surface area contributed by atoms with Crippen molar-refractivity contribution in [1.29, 1.82) is 0 Å². The SMILES string of the molecule is CCn1c(C2(CN)CC2)nc2cc(OC)ccc21. The predicted molar refractivity (Wildman–Crippen MR) is 71.9 cm³/mol. The van der Waals surface area contributed by atoms with E-state index >= 15 is 0 Å². The molecule has 3 rings (SSSR count). The molecule has 1 saturated carbocycles. The molecule has 1 aliphatic rings. The summed E-state index contributed by atoms with van der Waals surface area (Å²) in [6.45, 7) is 3.77. The number of benzene rings is 1. The number of hydrogen-bond donors (Lipinski definition) is 1. The van der Waals surface area contributed by atoms with Gasteiger partial charge in [-0.1, -0.05) is 0 Å². The van der Waals surface area contributed by atoms with Gasteiger partial charge in [0.1, 0.15) is 11.6 Å². The maximum Gasteiger partial charge on any atom is 0.121 e. The third kappa shape index (κ3) is 1.52. The van der Waals surface area contributed by atoms with Crippen LogP contribution in [0.1, 0.15) is 25.6 Å². The number of aromatic nitrogens is 2. The topological polar surface area (TPSA) is 53.1 Å². The van der Waals surface area contributed by atoms with E-state index in [0.29, 0.717) is 6.54 Å². The van der Waals surface area contributed by atoms with Crippen molar-refractivity contribution in [3.63, 3.8) is 0 Å². The number of methoxy groups -OCH3 is 1. The maximum absolute atomic E-state index is 5.92. The fourth-order valence-electron chi connectivity index (χ4n) is 2.63. The zero-order valence-electron chi connectivity index (χ0n) is 10.9. The normalized spacial score (nSPS) is 17.1. The predicted octanol–water partition coefficient (Wildman–Crippen LogP) is 2.06. The molecule has 0 aliphatic heterocycles. The van der Waals surface area contributed by atoms with E-state index in [2.05, 4.69) is 17.6 Å². The largest absolute Gasteiger partial charge is 0.497 e. The van der Waals surface area contributed by atoms with Gasteiger partial charge in [0.05, 0.1) is 18.1 Å². The molecule has 1 heterocycles. The molecule has 0 amide bonds. The van der Waals surface area contributed by atoms with Crippen LogP contribution in [0.2, 0.25) is 0 Å². The Kier molecular flexibility index (Phi) is 2.55. The number of ether oxygens (including phenoxy) is 1. The van der Waals surface area contributed by atoms with Gasteiger partial charge in [0.25, 0.3) is 0 Å². The molecular formula is C14H19N3O. The molecule has 2 aromatic rings. The number of nitrogens with zero attached hydrogens (tertiary/aromatic N) is 2. The lowest BCUT2D eigenvalue weighted by molar-refractivity contribution is 0.415. The highest BCUT2D eigenvalue weighted by Gasteiger charge is 2.46. The van der Waals surface area contributed by atoms with Gasteiger partial charge >= 0.3 is 0 Å². The van der Waals surface area contributed by atoms with Crippen molar-refractivity contribution in [1.82, 2.24) is 9.55 Å². The number of fused-ring (bicyclic) bond motifs is 1. The summed E-state index contributed by atoms with van der Waals surface area (Å²) in [7, 11) is 1.68. The molecule has 0 saturated heterocycles. The second kappa shape index (κ2) is 3.99. The summed E-state index contributed by atoms with van der Waals surface area (Å²) in [6.07, 6.45) is 2.31. The van der Waals surface area contributed by atoms with Crippen molar-refractivity contribution in [2.45, 2.75) is 31.7 Å². The van der Waals surface area contributed by atoms with E-state index in [9.17, 15) is 0 Å². The fourth-order valence-corrected chi connectivity index (χ4v) is 2.63. The second-order valence-corrected chi connectivity index (χ2v) is 5.02. The molecule has 1 aromatic carbocycles. The minimum absolute atomic E-state index is 0.127. The van der Waals surface area contributed by atoms with Crippen LogP contribution >= 0.6 is 0 Å². The lowest BCUT2D eigenvalue weighted by atomic mass is 10.1. The van der Waals surface area contributed by atoms with Gasteiger partial charge in [-0.3, -0.25) is 0 Å². The second-order valence-electron chi connectivity index (χ2n) is 5.02. The summed E-state index contributed by atoms with van der Waals surface area (Å²) in [5.41, 5.74) is 8.23. The van der Waals surface area contributed by atoms with Crippen molar-refractivity contribution < 1.29 is 4.74 Å². The highest BCUT2D eigenvalue weighted by atomic mass is 16.5. The van der Waals surface area contributed by atoms with Crippen LogP contribution in [0.5, 0.6) is 5.75 Å². The van der Waals surface area contributed by atoms with Gasteiger partial charge in [0.15, 0.2) is 0 Å². The Morgan fingerprint density at radius 3 is 2.78 bits per heavy atom. The van der Waals surface area contributed by atoms with Crippen LogP contribution in [-0.2, 0) is 12.0 Å². The smallest absolute Gasteiger partial charge is 0.121 e. The molecule has 18 heavy (non-hydrogen) atoms. The summed E-state index contributed by atoms with van der Waals surface area (Å²) >= 11 is 0. The van der Waals surface area contributed by atoms with Crippen molar-refractivity contribution >= 4 is 11.0 Å². The zero-order chi connectivity index (χ0) is 12.8. The Hall–Kier alpha value is -1.55. The summed E-state index contributed by atoms with van der Waals surface area (Å²) in [4.78, 5) is 4.80. The molecule has 0 spiro atoms. The molecule has 0 radical (unpaired) electrons. The van der Waals surface area contributed by atoms with Gasteiger partial charge in [-0.15, -0.1) is 0 Å². The standard InChI is InChI=1S/C14H19N3O/c1-3-17-12-5-4-10(18-2)8-11(12)16-13(17)14(9-15)6-7-14/h4-5,8H,3,6-7,9,15H2,1-2H3. The molecule has 2 N–H and O–H groups in total. The average molecular weight is 245 g/mol. The van der Waals surface area contributed by atoms with Crippen molar-refractivity contribution in [2.24, 2.45) is 5.73 Å². The molecule has 0 atom stereocenters. The average Bonchev–Trinajstić information content (AvgIpc) is 3.12. The van der Waals surface area contributed by atoms with Crippen molar-refractivity contribution in [2.75, 3.05) is 13.7 Å². The van der Waals surface area contributed by atoms with Gasteiger partial charge in [-0.25, -0.2) is 4.98 Å². The Morgan fingerprint density at radius 1 is 1.44 bits per heavy atom. The maximum atomic E-state index is 5.92. The van der Waals surface area contributed by atoms with Gasteiger partial charge < -0.3 is 15.0 Å². The minimum Gasteiger partial charge on any atom is -0.497 e. The highest BCUT2D eigenvalue weighted by molar-refractivity contribution is 5.78. The minimum atomic E-state index is 0.127. The number of nitrogens with two attached hydrogens (primary N) is 1. The Bertz CT molecular complexity index is 584. The molecule has 0 bridgehead atoms. The van der Waals surface area contributed by atoms with E-state index in [4.69, 9.17) is 15.5 Å². The summed E-state index contributed by atoms with van der Waals surface area (Å²) in [5, 5.41) is 0. The summed E-state index contributed by atoms with van der Waals surface area (Å²) < 4.78 is 7.55. The molecule has 1 fully saturated rings. The van der Waals surface area contributed by atoms with Crippen LogP contribution in [0, 0.1) is 0 Å². The number of aryl methyl sites for hydroxylation is 1. The number of imidazole rings is 1. The van der Waals surface area contributed by atoms with Crippen LogP contribution in [0.4, 0.5) is 0 Å². The molecule has 1 aliphatic carbocycles. The first-order chi connectivity index (χ1) is 8.74. The Balaban J connectivity index is 2.20. The fraction of sp³-hybridized carbons (Fsp3) is 0.500. The van der Waals surface area contributed by atoms with Crippen LogP contribution in [0.3, 0.4) is 0 Å². The molecule has 0 unspecified atom stereocenters. The van der Waals surface area contributed by atoms with Crippen molar-refractivity contribution in [3.05, 3.63) is 24.0 Å². The van der Waals surface area contributed by atoms with Crippen LogP contribution in [-0.4, -0.2) is 23.2 Å². The van der Waals surface area contributed by atoms with Gasteiger partial charge in [-0.2, -0.15) is 0 Å². The lowest BCUT2D eigenvalue weighted by Crippen LogP contribution is -2.24. The zero-order valence-corrected chi connectivity index (χ0v) is 10.9. The number of rotatable bonds is 4. The van der Waals surface area contributed by atoms with Crippen LogP contribution < -0.4 is 10.5 Å². The third-order valence-corrected chi connectivity index (χ3v) is 3.99. The summed E-state index contributed by atoms with van der Waals surface area (Å²) in [5.74, 6) is 2.00. The van der Waals surface area contributed by atoms with E-state index in [1.165, 1.54) is 5.52 Å². The van der Waals surface area contributed by atoms with Gasteiger partial charge in [-0.05, 0) is 31.9 Å². The van der Waals surface area contributed by atoms with E-state index in [1.54, 1.807) is 7.11 Å². The lowest BCUT2D eigenvalue weighted by Gasteiger charge is -2.13. The van der Waals surface area contributed by atoms with E-state index in [1.807, 2.05) is 12.1 Å². The van der Waals surface area contributed by atoms with E-state index < -0.39 is 0 Å². The van der Waals surface area contributed by atoms with Gasteiger partial charge in [0, 0.05) is 24.6 Å². The first-order valence-corrected chi connectivity index (χ1v) is 6.49. The first kappa shape index (κ1) is 11.5. The van der Waals surface area contributed by atoms with Gasteiger partial charge in [0.2, 0.25) is 0 Å². The molecule has 4 nitrogen and oxygen atoms in total. The molecular weight excluding hydrogens is 226 g/mol. The number of hydrogen-bond acceptors (Lipinski definition) is 3. The molecule has 96 valence electrons. The Morgan fingerprint density at radius 2 is 2.22 bits per heavy atom. The van der Waals surface area contributed by atoms with Crippen LogP contribution in [0.15, 0.2) is 18.2 Å². The van der Waals surface area contributed by atoms with E-state index in [0.717, 1.165) is 36.5 Å². The van der Waals surface area contributed by atoms with Crippen LogP contribution in [0.25, 0.3) is 11.0 Å². The van der Waals surface area contributed by atoms with Crippen molar-refractivity contribution in [3.8, 4) is 5.75 Å².